The van der Waals surface area contributed by atoms with Crippen LogP contribution in [0.15, 0.2) is 24.3 Å². The lowest BCUT2D eigenvalue weighted by molar-refractivity contribution is 0.0369. The van der Waals surface area contributed by atoms with Gasteiger partial charge in [-0.25, -0.2) is 0 Å². The van der Waals surface area contributed by atoms with Crippen LogP contribution in [-0.4, -0.2) is 24.0 Å². The molecule has 1 atom stereocenters. The SMILES string of the molecule is CNC(C)N1C(=O)c2ccccc2C12CCCC2. The zero-order chi connectivity index (χ0) is 12.8. The lowest BCUT2D eigenvalue weighted by Crippen LogP contribution is -2.52. The Balaban J connectivity index is 2.15. The van der Waals surface area contributed by atoms with Crippen molar-refractivity contribution in [3.8, 4) is 0 Å². The number of benzene rings is 1. The first-order chi connectivity index (χ1) is 8.70. The fraction of sp³-hybridized carbons (Fsp3) is 0.533. The highest BCUT2D eigenvalue weighted by atomic mass is 16.2. The number of amides is 1. The van der Waals surface area contributed by atoms with Crippen LogP contribution in [0.3, 0.4) is 0 Å². The summed E-state index contributed by atoms with van der Waals surface area (Å²) < 4.78 is 0. The third kappa shape index (κ3) is 1.37. The van der Waals surface area contributed by atoms with Crippen LogP contribution in [0.25, 0.3) is 0 Å². The molecule has 1 N–H and O–H groups in total. The van der Waals surface area contributed by atoms with Crippen molar-refractivity contribution in [1.29, 1.82) is 0 Å². The van der Waals surface area contributed by atoms with Crippen molar-refractivity contribution in [2.75, 3.05) is 7.05 Å². The maximum atomic E-state index is 12.6. The van der Waals surface area contributed by atoms with Crippen molar-refractivity contribution >= 4 is 5.91 Å². The van der Waals surface area contributed by atoms with E-state index < -0.39 is 0 Å². The van der Waals surface area contributed by atoms with E-state index in [-0.39, 0.29) is 17.6 Å². The number of hydrogen-bond acceptors (Lipinski definition) is 2. The molecule has 1 aromatic rings. The van der Waals surface area contributed by atoms with Crippen molar-refractivity contribution in [2.45, 2.75) is 44.3 Å². The summed E-state index contributed by atoms with van der Waals surface area (Å²) in [7, 11) is 1.92. The van der Waals surface area contributed by atoms with E-state index in [9.17, 15) is 4.79 Å². The summed E-state index contributed by atoms with van der Waals surface area (Å²) in [6, 6.07) is 8.13. The molecule has 3 heteroatoms. The number of nitrogens with one attached hydrogen (secondary N) is 1. The van der Waals surface area contributed by atoms with E-state index in [1.165, 1.54) is 18.4 Å². The summed E-state index contributed by atoms with van der Waals surface area (Å²) in [6.07, 6.45) is 4.72. The average molecular weight is 244 g/mol. The fourth-order valence-corrected chi connectivity index (χ4v) is 3.68. The van der Waals surface area contributed by atoms with Gasteiger partial charge in [-0.2, -0.15) is 0 Å². The summed E-state index contributed by atoms with van der Waals surface area (Å²) in [5.41, 5.74) is 2.10. The summed E-state index contributed by atoms with van der Waals surface area (Å²) in [6.45, 7) is 2.07. The molecular formula is C15H20N2O. The normalized spacial score (nSPS) is 22.6. The molecule has 1 fully saturated rings. The van der Waals surface area contributed by atoms with Gasteiger partial charge in [0.15, 0.2) is 0 Å². The number of carbonyl (C=O) groups is 1. The molecule has 1 aliphatic heterocycles. The van der Waals surface area contributed by atoms with Gasteiger partial charge in [-0.3, -0.25) is 4.79 Å². The molecule has 1 unspecified atom stereocenters. The lowest BCUT2D eigenvalue weighted by Gasteiger charge is -2.40. The van der Waals surface area contributed by atoms with Crippen LogP contribution >= 0.6 is 0 Å². The minimum atomic E-state index is -0.0455. The molecule has 1 heterocycles. The zero-order valence-electron chi connectivity index (χ0n) is 11.1. The molecule has 96 valence electrons. The molecule has 1 aromatic carbocycles. The second kappa shape index (κ2) is 4.09. The van der Waals surface area contributed by atoms with E-state index in [2.05, 4.69) is 29.3 Å². The van der Waals surface area contributed by atoms with Crippen molar-refractivity contribution in [3.63, 3.8) is 0 Å². The van der Waals surface area contributed by atoms with Crippen LogP contribution in [0.4, 0.5) is 0 Å². The molecular weight excluding hydrogens is 224 g/mol. The fourth-order valence-electron chi connectivity index (χ4n) is 3.68. The molecule has 3 nitrogen and oxygen atoms in total. The first-order valence-electron chi connectivity index (χ1n) is 6.81. The molecule has 0 radical (unpaired) electrons. The third-order valence-electron chi connectivity index (χ3n) is 4.57. The Hall–Kier alpha value is -1.35. The number of rotatable bonds is 2. The quantitative estimate of drug-likeness (QED) is 0.866. The molecule has 18 heavy (non-hydrogen) atoms. The van der Waals surface area contributed by atoms with Gasteiger partial charge in [0.05, 0.1) is 11.7 Å². The summed E-state index contributed by atoms with van der Waals surface area (Å²) >= 11 is 0. The minimum absolute atomic E-state index is 0.0455. The smallest absolute Gasteiger partial charge is 0.256 e. The monoisotopic (exact) mass is 244 g/mol. The maximum absolute atomic E-state index is 12.6. The predicted octanol–water partition coefficient (Wildman–Crippen LogP) is 2.48. The van der Waals surface area contributed by atoms with E-state index in [1.54, 1.807) is 0 Å². The lowest BCUT2D eigenvalue weighted by atomic mass is 9.88. The van der Waals surface area contributed by atoms with Gasteiger partial charge < -0.3 is 10.2 Å². The maximum Gasteiger partial charge on any atom is 0.256 e. The van der Waals surface area contributed by atoms with Crippen molar-refractivity contribution in [3.05, 3.63) is 35.4 Å². The molecule has 0 aromatic heterocycles. The Morgan fingerprint density at radius 2 is 1.94 bits per heavy atom. The minimum Gasteiger partial charge on any atom is -0.314 e. The first kappa shape index (κ1) is 11.7. The van der Waals surface area contributed by atoms with Gasteiger partial charge in [0.1, 0.15) is 0 Å². The Kier molecular flexibility index (Phi) is 2.67. The van der Waals surface area contributed by atoms with E-state index in [0.29, 0.717) is 0 Å². The Labute approximate surface area is 108 Å². The average Bonchev–Trinajstić information content (AvgIpc) is 2.97. The Bertz CT molecular complexity index is 477. The molecule has 1 aliphatic carbocycles. The topological polar surface area (TPSA) is 32.3 Å². The van der Waals surface area contributed by atoms with Crippen LogP contribution in [0.5, 0.6) is 0 Å². The second-order valence-electron chi connectivity index (χ2n) is 5.42. The Morgan fingerprint density at radius 1 is 1.28 bits per heavy atom. The van der Waals surface area contributed by atoms with Gasteiger partial charge >= 0.3 is 0 Å². The van der Waals surface area contributed by atoms with E-state index >= 15 is 0 Å². The first-order valence-corrected chi connectivity index (χ1v) is 6.81. The van der Waals surface area contributed by atoms with Crippen molar-refractivity contribution in [1.82, 2.24) is 10.2 Å². The predicted molar refractivity (Wildman–Crippen MR) is 71.3 cm³/mol. The molecule has 3 rings (SSSR count). The van der Waals surface area contributed by atoms with Gasteiger partial charge in [0, 0.05) is 5.56 Å². The highest BCUT2D eigenvalue weighted by Gasteiger charge is 2.52. The Morgan fingerprint density at radius 3 is 2.61 bits per heavy atom. The van der Waals surface area contributed by atoms with Crippen LogP contribution in [0, 0.1) is 0 Å². The molecule has 0 bridgehead atoms. The third-order valence-corrected chi connectivity index (χ3v) is 4.57. The highest BCUT2D eigenvalue weighted by Crippen LogP contribution is 2.50. The number of nitrogens with zero attached hydrogens (tertiary/aromatic N) is 1. The van der Waals surface area contributed by atoms with Crippen LogP contribution in [0.2, 0.25) is 0 Å². The van der Waals surface area contributed by atoms with Crippen LogP contribution < -0.4 is 5.32 Å². The molecule has 0 saturated heterocycles. The van der Waals surface area contributed by atoms with E-state index in [0.717, 1.165) is 18.4 Å². The second-order valence-corrected chi connectivity index (χ2v) is 5.42. The largest absolute Gasteiger partial charge is 0.314 e. The van der Waals surface area contributed by atoms with Gasteiger partial charge in [-0.15, -0.1) is 0 Å². The van der Waals surface area contributed by atoms with Crippen LogP contribution in [0.1, 0.15) is 48.5 Å². The van der Waals surface area contributed by atoms with Crippen molar-refractivity contribution in [2.24, 2.45) is 0 Å². The van der Waals surface area contributed by atoms with Gasteiger partial charge in [-0.05, 0) is 38.4 Å². The van der Waals surface area contributed by atoms with Crippen molar-refractivity contribution < 1.29 is 4.79 Å². The molecule has 1 spiro atoms. The van der Waals surface area contributed by atoms with Crippen LogP contribution in [-0.2, 0) is 5.54 Å². The number of fused-ring (bicyclic) bond motifs is 2. The standard InChI is InChI=1S/C15H20N2O/c1-11(16-2)17-14(18)12-7-3-4-8-13(12)15(17)9-5-6-10-15/h3-4,7-8,11,16H,5-6,9-10H2,1-2H3. The summed E-state index contributed by atoms with van der Waals surface area (Å²) in [5, 5.41) is 3.23. The van der Waals surface area contributed by atoms with Gasteiger partial charge in [0.25, 0.3) is 5.91 Å². The summed E-state index contributed by atoms with van der Waals surface area (Å²) in [5.74, 6) is 0.189. The van der Waals surface area contributed by atoms with E-state index in [1.807, 2.05) is 19.2 Å². The van der Waals surface area contributed by atoms with E-state index in [4.69, 9.17) is 0 Å². The highest BCUT2D eigenvalue weighted by molar-refractivity contribution is 6.00. The molecule has 1 saturated carbocycles. The number of carbonyl (C=O) groups excluding carboxylic acids is 1. The molecule has 1 amide bonds. The number of hydrogen-bond donors (Lipinski definition) is 1. The summed E-state index contributed by atoms with van der Waals surface area (Å²) in [4.78, 5) is 14.7. The zero-order valence-corrected chi connectivity index (χ0v) is 11.1. The van der Waals surface area contributed by atoms with Gasteiger partial charge in [0.2, 0.25) is 0 Å². The van der Waals surface area contributed by atoms with Gasteiger partial charge in [-0.1, -0.05) is 31.0 Å². The molecule has 2 aliphatic rings.